The third-order valence-corrected chi connectivity index (χ3v) is 7.82. The molecule has 2 aromatic rings. The molecule has 36 heavy (non-hydrogen) atoms. The lowest BCUT2D eigenvalue weighted by atomic mass is 9.96. The van der Waals surface area contributed by atoms with Crippen LogP contribution in [-0.4, -0.2) is 70.9 Å². The van der Waals surface area contributed by atoms with Crippen molar-refractivity contribution in [2.45, 2.75) is 78.8 Å². The average molecular weight is 495 g/mol. The van der Waals surface area contributed by atoms with Crippen molar-refractivity contribution in [3.63, 3.8) is 0 Å². The zero-order chi connectivity index (χ0) is 25.5. The standard InChI is InChI=1S/C29H46N6O/c1-5-32-18-20-33(21-19-32)28-27(24(4)31-35(28)26-14-10-7-11-15-26)22-34(17-16-23(2)3)29(36)30-25-12-8-6-9-13-25/h7,10-11,14-15,23,25H,5-6,8-9,12-13,16-22H2,1-4H3,(H,30,36). The van der Waals surface area contributed by atoms with Crippen LogP contribution in [0.5, 0.6) is 0 Å². The minimum Gasteiger partial charge on any atom is -0.354 e. The second kappa shape index (κ2) is 12.6. The summed E-state index contributed by atoms with van der Waals surface area (Å²) in [6.07, 6.45) is 6.91. The number of amides is 2. The third-order valence-electron chi connectivity index (χ3n) is 7.82. The van der Waals surface area contributed by atoms with Crippen molar-refractivity contribution in [1.29, 1.82) is 0 Å². The van der Waals surface area contributed by atoms with Gasteiger partial charge in [0, 0.05) is 44.3 Å². The molecule has 0 atom stereocenters. The number of carbonyl (C=O) groups is 1. The van der Waals surface area contributed by atoms with Crippen LogP contribution >= 0.6 is 0 Å². The van der Waals surface area contributed by atoms with Gasteiger partial charge in [0.2, 0.25) is 0 Å². The maximum Gasteiger partial charge on any atom is 0.317 e. The van der Waals surface area contributed by atoms with Gasteiger partial charge in [-0.1, -0.05) is 58.2 Å². The van der Waals surface area contributed by atoms with E-state index in [9.17, 15) is 4.79 Å². The summed E-state index contributed by atoms with van der Waals surface area (Å²) in [5.41, 5.74) is 3.25. The largest absolute Gasteiger partial charge is 0.354 e. The number of hydrogen-bond donors (Lipinski definition) is 1. The van der Waals surface area contributed by atoms with Gasteiger partial charge in [0.05, 0.1) is 17.9 Å². The Labute approximate surface area is 217 Å². The molecule has 0 radical (unpaired) electrons. The molecular weight excluding hydrogens is 448 g/mol. The summed E-state index contributed by atoms with van der Waals surface area (Å²) in [5, 5.41) is 8.39. The van der Waals surface area contributed by atoms with E-state index in [4.69, 9.17) is 5.10 Å². The molecule has 1 aromatic heterocycles. The van der Waals surface area contributed by atoms with E-state index in [1.807, 2.05) is 11.0 Å². The SMILES string of the molecule is CCN1CCN(c2c(CN(CCC(C)C)C(=O)NC3CCCCC3)c(C)nn2-c2ccccc2)CC1. The number of para-hydroxylation sites is 1. The topological polar surface area (TPSA) is 56.6 Å². The van der Waals surface area contributed by atoms with Crippen molar-refractivity contribution in [3.05, 3.63) is 41.6 Å². The Kier molecular flexibility index (Phi) is 9.30. The number of hydrogen-bond acceptors (Lipinski definition) is 4. The fourth-order valence-corrected chi connectivity index (χ4v) is 5.45. The first-order valence-electron chi connectivity index (χ1n) is 14.1. The van der Waals surface area contributed by atoms with Crippen molar-refractivity contribution in [1.82, 2.24) is 24.9 Å². The highest BCUT2D eigenvalue weighted by Crippen LogP contribution is 2.30. The maximum atomic E-state index is 13.6. The predicted molar refractivity (Wildman–Crippen MR) is 148 cm³/mol. The lowest BCUT2D eigenvalue weighted by Gasteiger charge is -2.36. The van der Waals surface area contributed by atoms with Crippen LogP contribution in [0.1, 0.15) is 70.6 Å². The van der Waals surface area contributed by atoms with Crippen LogP contribution in [0, 0.1) is 12.8 Å². The van der Waals surface area contributed by atoms with E-state index in [1.54, 1.807) is 0 Å². The van der Waals surface area contributed by atoms with E-state index in [2.05, 4.69) is 71.8 Å². The normalized spacial score (nSPS) is 17.5. The molecule has 7 nitrogen and oxygen atoms in total. The highest BCUT2D eigenvalue weighted by atomic mass is 16.2. The van der Waals surface area contributed by atoms with Crippen LogP contribution in [0.3, 0.4) is 0 Å². The summed E-state index contributed by atoms with van der Waals surface area (Å²) < 4.78 is 2.10. The second-order valence-corrected chi connectivity index (χ2v) is 10.9. The van der Waals surface area contributed by atoms with Crippen LogP contribution in [-0.2, 0) is 6.54 Å². The van der Waals surface area contributed by atoms with E-state index >= 15 is 0 Å². The Balaban J connectivity index is 1.63. The number of piperazine rings is 1. The van der Waals surface area contributed by atoms with Crippen LogP contribution in [0.15, 0.2) is 30.3 Å². The molecule has 0 unspecified atom stereocenters. The quantitative estimate of drug-likeness (QED) is 0.520. The molecule has 1 saturated carbocycles. The van der Waals surface area contributed by atoms with Crippen molar-refractivity contribution >= 4 is 11.8 Å². The fourth-order valence-electron chi connectivity index (χ4n) is 5.45. The molecule has 0 spiro atoms. The molecule has 1 N–H and O–H groups in total. The number of anilines is 1. The van der Waals surface area contributed by atoms with Gasteiger partial charge < -0.3 is 20.0 Å². The molecule has 2 aliphatic rings. The summed E-state index contributed by atoms with van der Waals surface area (Å²) in [4.78, 5) is 20.6. The van der Waals surface area contributed by atoms with Crippen LogP contribution in [0.4, 0.5) is 10.6 Å². The van der Waals surface area contributed by atoms with Gasteiger partial charge in [0.1, 0.15) is 5.82 Å². The van der Waals surface area contributed by atoms with Gasteiger partial charge in [-0.3, -0.25) is 0 Å². The van der Waals surface area contributed by atoms with Crippen molar-refractivity contribution in [2.24, 2.45) is 5.92 Å². The maximum absolute atomic E-state index is 13.6. The van der Waals surface area contributed by atoms with Crippen LogP contribution < -0.4 is 10.2 Å². The van der Waals surface area contributed by atoms with Crippen LogP contribution in [0.25, 0.3) is 5.69 Å². The Morgan fingerprint density at radius 3 is 2.42 bits per heavy atom. The monoisotopic (exact) mass is 494 g/mol. The van der Waals surface area contributed by atoms with Gasteiger partial charge in [-0.25, -0.2) is 9.48 Å². The number of nitrogens with zero attached hydrogens (tertiary/aromatic N) is 5. The zero-order valence-corrected chi connectivity index (χ0v) is 22.9. The van der Waals surface area contributed by atoms with Crippen molar-refractivity contribution in [2.75, 3.05) is 44.2 Å². The molecule has 7 heteroatoms. The van der Waals surface area contributed by atoms with E-state index in [0.717, 1.165) is 75.7 Å². The molecule has 2 heterocycles. The molecule has 1 aliphatic heterocycles. The predicted octanol–water partition coefficient (Wildman–Crippen LogP) is 5.21. The third kappa shape index (κ3) is 6.61. The number of carbonyl (C=O) groups excluding carboxylic acids is 1. The minimum atomic E-state index is 0.0798. The molecule has 1 saturated heterocycles. The first-order valence-corrected chi connectivity index (χ1v) is 14.1. The lowest BCUT2D eigenvalue weighted by molar-refractivity contribution is 0.184. The van der Waals surface area contributed by atoms with Crippen molar-refractivity contribution in [3.8, 4) is 5.69 Å². The molecule has 2 amide bonds. The van der Waals surface area contributed by atoms with Crippen LogP contribution in [0.2, 0.25) is 0 Å². The highest BCUT2D eigenvalue weighted by Gasteiger charge is 2.28. The van der Waals surface area contributed by atoms with E-state index in [1.165, 1.54) is 24.8 Å². The van der Waals surface area contributed by atoms with Gasteiger partial charge >= 0.3 is 6.03 Å². The molecule has 0 bridgehead atoms. The number of likely N-dealkylation sites (N-methyl/N-ethyl adjacent to an activating group) is 1. The van der Waals surface area contributed by atoms with Gasteiger partial charge in [0.15, 0.2) is 0 Å². The number of aryl methyl sites for hydroxylation is 1. The smallest absolute Gasteiger partial charge is 0.317 e. The molecule has 1 aliphatic carbocycles. The molecular formula is C29H46N6O. The van der Waals surface area contributed by atoms with E-state index in [0.29, 0.717) is 18.5 Å². The molecule has 1 aromatic carbocycles. The highest BCUT2D eigenvalue weighted by molar-refractivity contribution is 5.75. The molecule has 198 valence electrons. The Bertz CT molecular complexity index is 958. The van der Waals surface area contributed by atoms with Gasteiger partial charge in [0.25, 0.3) is 0 Å². The van der Waals surface area contributed by atoms with Crippen molar-refractivity contribution < 1.29 is 4.79 Å². The second-order valence-electron chi connectivity index (χ2n) is 10.9. The fraction of sp³-hybridized carbons (Fsp3) is 0.655. The van der Waals surface area contributed by atoms with Gasteiger partial charge in [-0.2, -0.15) is 5.10 Å². The van der Waals surface area contributed by atoms with Gasteiger partial charge in [-0.15, -0.1) is 0 Å². The molecule has 2 fully saturated rings. The number of rotatable bonds is 9. The Hall–Kier alpha value is -2.54. The number of benzene rings is 1. The lowest BCUT2D eigenvalue weighted by Crippen LogP contribution is -2.48. The van der Waals surface area contributed by atoms with Gasteiger partial charge in [-0.05, 0) is 50.8 Å². The number of nitrogens with one attached hydrogen (secondary N) is 1. The molecule has 4 rings (SSSR count). The van der Waals surface area contributed by atoms with E-state index < -0.39 is 0 Å². The summed E-state index contributed by atoms with van der Waals surface area (Å²) in [6, 6.07) is 10.8. The first-order chi connectivity index (χ1) is 17.5. The number of urea groups is 1. The first kappa shape index (κ1) is 26.5. The zero-order valence-electron chi connectivity index (χ0n) is 22.9. The Morgan fingerprint density at radius 2 is 1.78 bits per heavy atom. The van der Waals surface area contributed by atoms with E-state index in [-0.39, 0.29) is 6.03 Å². The Morgan fingerprint density at radius 1 is 1.08 bits per heavy atom. The summed E-state index contributed by atoms with van der Waals surface area (Å²) >= 11 is 0. The summed E-state index contributed by atoms with van der Waals surface area (Å²) in [7, 11) is 0. The minimum absolute atomic E-state index is 0.0798. The summed E-state index contributed by atoms with van der Waals surface area (Å²) in [5.74, 6) is 1.69. The number of aromatic nitrogens is 2. The summed E-state index contributed by atoms with van der Waals surface area (Å²) in [6.45, 7) is 15.3. The average Bonchev–Trinajstić information content (AvgIpc) is 3.23.